The summed E-state index contributed by atoms with van der Waals surface area (Å²) in [5.41, 5.74) is 9.28. The Balaban J connectivity index is 2.82. The van der Waals surface area contributed by atoms with E-state index in [2.05, 4.69) is 44.1 Å². The third-order valence-electron chi connectivity index (χ3n) is 2.88. The van der Waals surface area contributed by atoms with Gasteiger partial charge in [0.25, 0.3) is 0 Å². The summed E-state index contributed by atoms with van der Waals surface area (Å²) in [6.45, 7) is 7.11. The molecule has 3 heteroatoms. The molecule has 1 aromatic carbocycles. The van der Waals surface area contributed by atoms with Crippen LogP contribution in [-0.4, -0.2) is 9.78 Å². The van der Waals surface area contributed by atoms with Gasteiger partial charge in [-0.15, -0.1) is 0 Å². The summed E-state index contributed by atoms with van der Waals surface area (Å²) in [6.07, 6.45) is 0. The maximum atomic E-state index is 5.76. The standard InChI is InChI=1S/C13H19N3/c1-13(2,3)12-10-7-5-6-9(8-14)11(10)16(4)15-12/h5-7H,8,14H2,1-4H3. The predicted molar refractivity (Wildman–Crippen MR) is 67.3 cm³/mol. The first-order valence-corrected chi connectivity index (χ1v) is 5.60. The molecule has 0 spiro atoms. The van der Waals surface area contributed by atoms with Gasteiger partial charge in [0, 0.05) is 24.4 Å². The van der Waals surface area contributed by atoms with Crippen LogP contribution in [-0.2, 0) is 19.0 Å². The Bertz CT molecular complexity index is 518. The minimum atomic E-state index is 0.0622. The van der Waals surface area contributed by atoms with Crippen LogP contribution in [0.15, 0.2) is 18.2 Å². The Kier molecular flexibility index (Phi) is 2.50. The van der Waals surface area contributed by atoms with E-state index < -0.39 is 0 Å². The van der Waals surface area contributed by atoms with Gasteiger partial charge < -0.3 is 5.73 Å². The molecule has 0 amide bonds. The summed E-state index contributed by atoms with van der Waals surface area (Å²) in [6, 6.07) is 6.25. The smallest absolute Gasteiger partial charge is 0.0756 e. The largest absolute Gasteiger partial charge is 0.326 e. The van der Waals surface area contributed by atoms with Crippen molar-refractivity contribution in [1.29, 1.82) is 0 Å². The van der Waals surface area contributed by atoms with Gasteiger partial charge >= 0.3 is 0 Å². The van der Waals surface area contributed by atoms with Gasteiger partial charge in [0.1, 0.15) is 0 Å². The molecule has 2 rings (SSSR count). The second-order valence-electron chi connectivity index (χ2n) is 5.24. The number of rotatable bonds is 1. The number of hydrogen-bond acceptors (Lipinski definition) is 2. The molecule has 2 N–H and O–H groups in total. The fourth-order valence-electron chi connectivity index (χ4n) is 2.14. The quantitative estimate of drug-likeness (QED) is 0.796. The highest BCUT2D eigenvalue weighted by atomic mass is 15.3. The van der Waals surface area contributed by atoms with Gasteiger partial charge in [0.2, 0.25) is 0 Å². The molecule has 0 radical (unpaired) electrons. The number of nitrogens with two attached hydrogens (primary N) is 1. The Morgan fingerprint density at radius 3 is 2.56 bits per heavy atom. The Morgan fingerprint density at radius 1 is 1.31 bits per heavy atom. The fourth-order valence-corrected chi connectivity index (χ4v) is 2.14. The Hall–Kier alpha value is -1.35. The van der Waals surface area contributed by atoms with E-state index in [1.54, 1.807) is 0 Å². The first-order chi connectivity index (χ1) is 7.45. The lowest BCUT2D eigenvalue weighted by molar-refractivity contribution is 0.558. The van der Waals surface area contributed by atoms with Crippen molar-refractivity contribution in [1.82, 2.24) is 9.78 Å². The molecule has 0 aliphatic carbocycles. The van der Waals surface area contributed by atoms with Crippen LogP contribution in [0.5, 0.6) is 0 Å². The van der Waals surface area contributed by atoms with Crippen LogP contribution >= 0.6 is 0 Å². The van der Waals surface area contributed by atoms with E-state index in [-0.39, 0.29) is 5.41 Å². The van der Waals surface area contributed by atoms with E-state index in [1.807, 2.05) is 11.7 Å². The molecule has 0 aliphatic rings. The molecule has 3 nitrogen and oxygen atoms in total. The second-order valence-corrected chi connectivity index (χ2v) is 5.24. The predicted octanol–water partition coefficient (Wildman–Crippen LogP) is 2.33. The number of nitrogens with zero attached hydrogens (tertiary/aromatic N) is 2. The molecule has 16 heavy (non-hydrogen) atoms. The summed E-state index contributed by atoms with van der Waals surface area (Å²) >= 11 is 0. The van der Waals surface area contributed by atoms with Crippen molar-refractivity contribution in [3.05, 3.63) is 29.5 Å². The van der Waals surface area contributed by atoms with Crippen molar-refractivity contribution in [2.45, 2.75) is 32.7 Å². The molecular formula is C13H19N3. The number of aromatic nitrogens is 2. The molecule has 1 aromatic heterocycles. The molecule has 0 saturated carbocycles. The average Bonchev–Trinajstić information content (AvgIpc) is 2.56. The summed E-state index contributed by atoms with van der Waals surface area (Å²) in [4.78, 5) is 0. The molecule has 0 aliphatic heterocycles. The minimum Gasteiger partial charge on any atom is -0.326 e. The number of fused-ring (bicyclic) bond motifs is 1. The third-order valence-corrected chi connectivity index (χ3v) is 2.88. The molecule has 0 atom stereocenters. The maximum Gasteiger partial charge on any atom is 0.0756 e. The van der Waals surface area contributed by atoms with Crippen LogP contribution in [0.3, 0.4) is 0 Å². The molecule has 0 bridgehead atoms. The van der Waals surface area contributed by atoms with Crippen molar-refractivity contribution in [2.24, 2.45) is 12.8 Å². The molecule has 1 heterocycles. The summed E-state index contributed by atoms with van der Waals surface area (Å²) in [5, 5.41) is 5.85. The zero-order chi connectivity index (χ0) is 11.9. The van der Waals surface area contributed by atoms with Crippen molar-refractivity contribution in [3.63, 3.8) is 0 Å². The van der Waals surface area contributed by atoms with Gasteiger partial charge in [-0.05, 0) is 5.56 Å². The van der Waals surface area contributed by atoms with Crippen molar-refractivity contribution in [3.8, 4) is 0 Å². The molecule has 0 saturated heterocycles. The second kappa shape index (κ2) is 3.59. The fraction of sp³-hybridized carbons (Fsp3) is 0.462. The number of aryl methyl sites for hydroxylation is 1. The highest BCUT2D eigenvalue weighted by Crippen LogP contribution is 2.30. The summed E-state index contributed by atoms with van der Waals surface area (Å²) < 4.78 is 1.94. The zero-order valence-electron chi connectivity index (χ0n) is 10.4. The van der Waals surface area contributed by atoms with Crippen LogP contribution in [0.4, 0.5) is 0 Å². The van der Waals surface area contributed by atoms with E-state index in [9.17, 15) is 0 Å². The SMILES string of the molecule is Cn1nc(C(C)(C)C)c2cccc(CN)c21. The van der Waals surface area contributed by atoms with Crippen LogP contribution < -0.4 is 5.73 Å². The highest BCUT2D eigenvalue weighted by Gasteiger charge is 2.22. The van der Waals surface area contributed by atoms with E-state index in [4.69, 9.17) is 5.73 Å². The Morgan fingerprint density at radius 2 is 2.00 bits per heavy atom. The van der Waals surface area contributed by atoms with E-state index in [1.165, 1.54) is 5.39 Å². The van der Waals surface area contributed by atoms with E-state index >= 15 is 0 Å². The first kappa shape index (κ1) is 11.1. The lowest BCUT2D eigenvalue weighted by atomic mass is 9.89. The zero-order valence-corrected chi connectivity index (χ0v) is 10.4. The number of para-hydroxylation sites is 1. The number of hydrogen-bond donors (Lipinski definition) is 1. The van der Waals surface area contributed by atoms with Crippen molar-refractivity contribution >= 4 is 10.9 Å². The van der Waals surface area contributed by atoms with Crippen LogP contribution in [0.1, 0.15) is 32.0 Å². The summed E-state index contributed by atoms with van der Waals surface area (Å²) in [7, 11) is 1.98. The van der Waals surface area contributed by atoms with Gasteiger partial charge in [-0.3, -0.25) is 4.68 Å². The molecule has 0 fully saturated rings. The topological polar surface area (TPSA) is 43.8 Å². The van der Waals surface area contributed by atoms with Crippen LogP contribution in [0.2, 0.25) is 0 Å². The molecule has 0 unspecified atom stereocenters. The van der Waals surface area contributed by atoms with Crippen molar-refractivity contribution < 1.29 is 0 Å². The average molecular weight is 217 g/mol. The van der Waals surface area contributed by atoms with Crippen LogP contribution in [0, 0.1) is 0 Å². The minimum absolute atomic E-state index is 0.0622. The summed E-state index contributed by atoms with van der Waals surface area (Å²) in [5.74, 6) is 0. The third kappa shape index (κ3) is 1.61. The molecule has 2 aromatic rings. The van der Waals surface area contributed by atoms with Gasteiger partial charge in [-0.2, -0.15) is 5.10 Å². The normalized spacial score (nSPS) is 12.3. The van der Waals surface area contributed by atoms with Gasteiger partial charge in [0.15, 0.2) is 0 Å². The van der Waals surface area contributed by atoms with Gasteiger partial charge in [-0.1, -0.05) is 39.0 Å². The highest BCUT2D eigenvalue weighted by molar-refractivity contribution is 5.85. The first-order valence-electron chi connectivity index (χ1n) is 5.60. The monoisotopic (exact) mass is 217 g/mol. The van der Waals surface area contributed by atoms with Crippen LogP contribution in [0.25, 0.3) is 10.9 Å². The number of benzene rings is 1. The Labute approximate surface area is 96.2 Å². The molecular weight excluding hydrogens is 198 g/mol. The van der Waals surface area contributed by atoms with E-state index in [0.29, 0.717) is 6.54 Å². The van der Waals surface area contributed by atoms with Crippen molar-refractivity contribution in [2.75, 3.05) is 0 Å². The van der Waals surface area contributed by atoms with Gasteiger partial charge in [0.05, 0.1) is 11.2 Å². The lowest BCUT2D eigenvalue weighted by Crippen LogP contribution is -2.12. The lowest BCUT2D eigenvalue weighted by Gasteiger charge is -2.15. The van der Waals surface area contributed by atoms with Gasteiger partial charge in [-0.25, -0.2) is 0 Å². The molecule has 86 valence electrons. The van der Waals surface area contributed by atoms with E-state index in [0.717, 1.165) is 16.8 Å². The maximum absolute atomic E-state index is 5.76.